The number of hydrogen-bond acceptors (Lipinski definition) is 2. The Labute approximate surface area is 116 Å². The molecule has 0 bridgehead atoms. The van der Waals surface area contributed by atoms with Gasteiger partial charge in [-0.25, -0.2) is 4.39 Å². The molecule has 0 amide bonds. The fourth-order valence-electron chi connectivity index (χ4n) is 1.48. The van der Waals surface area contributed by atoms with E-state index in [0.717, 1.165) is 11.1 Å². The molecule has 0 atom stereocenters. The van der Waals surface area contributed by atoms with Crippen molar-refractivity contribution in [3.05, 3.63) is 70.0 Å². The summed E-state index contributed by atoms with van der Waals surface area (Å²) in [6, 6.07) is 12.2. The lowest BCUT2D eigenvalue weighted by Gasteiger charge is -1.96. The highest BCUT2D eigenvalue weighted by Gasteiger charge is 1.97. The lowest BCUT2D eigenvalue weighted by molar-refractivity contribution is 0.624. The van der Waals surface area contributed by atoms with Gasteiger partial charge in [-0.15, -0.1) is 0 Å². The summed E-state index contributed by atoms with van der Waals surface area (Å²) in [7, 11) is 0. The molecule has 96 valence electrons. The van der Waals surface area contributed by atoms with Crippen molar-refractivity contribution in [2.24, 2.45) is 10.2 Å². The van der Waals surface area contributed by atoms with Gasteiger partial charge in [-0.3, -0.25) is 0 Å². The van der Waals surface area contributed by atoms with Crippen LogP contribution in [-0.4, -0.2) is 12.4 Å². The Bertz CT molecular complexity index is 619. The van der Waals surface area contributed by atoms with Gasteiger partial charge in [-0.05, 0) is 36.2 Å². The molecule has 0 aliphatic heterocycles. The number of halogens is 2. The van der Waals surface area contributed by atoms with Gasteiger partial charge in [0.2, 0.25) is 0 Å². The summed E-state index contributed by atoms with van der Waals surface area (Å²) in [5.74, 6) is -0.301. The molecular formula is C15H12ClFN2. The largest absolute Gasteiger partial charge is 0.206 e. The first kappa shape index (κ1) is 13.4. The van der Waals surface area contributed by atoms with E-state index in [1.807, 2.05) is 25.1 Å². The van der Waals surface area contributed by atoms with Gasteiger partial charge in [0.15, 0.2) is 0 Å². The highest BCUT2D eigenvalue weighted by atomic mass is 35.5. The maximum atomic E-state index is 13.5. The maximum Gasteiger partial charge on any atom is 0.132 e. The molecule has 0 fully saturated rings. The van der Waals surface area contributed by atoms with Crippen LogP contribution in [0.1, 0.15) is 16.7 Å². The van der Waals surface area contributed by atoms with Crippen molar-refractivity contribution in [2.75, 3.05) is 0 Å². The molecule has 2 rings (SSSR count). The van der Waals surface area contributed by atoms with Crippen LogP contribution < -0.4 is 0 Å². The average Bonchev–Trinajstić information content (AvgIpc) is 2.39. The number of hydrogen-bond donors (Lipinski definition) is 0. The Morgan fingerprint density at radius 3 is 2.37 bits per heavy atom. The zero-order valence-electron chi connectivity index (χ0n) is 10.3. The van der Waals surface area contributed by atoms with E-state index < -0.39 is 0 Å². The molecule has 0 saturated carbocycles. The maximum absolute atomic E-state index is 13.5. The average molecular weight is 275 g/mol. The highest BCUT2D eigenvalue weighted by molar-refractivity contribution is 6.30. The zero-order valence-corrected chi connectivity index (χ0v) is 11.1. The van der Waals surface area contributed by atoms with E-state index in [2.05, 4.69) is 10.2 Å². The van der Waals surface area contributed by atoms with Crippen LogP contribution in [0.15, 0.2) is 52.7 Å². The van der Waals surface area contributed by atoms with Crippen molar-refractivity contribution in [1.82, 2.24) is 0 Å². The van der Waals surface area contributed by atoms with E-state index in [4.69, 9.17) is 11.6 Å². The number of rotatable bonds is 3. The third-order valence-electron chi connectivity index (χ3n) is 2.50. The summed E-state index contributed by atoms with van der Waals surface area (Å²) in [4.78, 5) is 0. The molecule has 0 spiro atoms. The third kappa shape index (κ3) is 4.00. The summed E-state index contributed by atoms with van der Waals surface area (Å²) in [6.07, 6.45) is 2.97. The molecular weight excluding hydrogens is 263 g/mol. The molecule has 19 heavy (non-hydrogen) atoms. The highest BCUT2D eigenvalue weighted by Crippen LogP contribution is 2.09. The number of benzene rings is 2. The lowest BCUT2D eigenvalue weighted by Crippen LogP contribution is -1.88. The smallest absolute Gasteiger partial charge is 0.132 e. The van der Waals surface area contributed by atoms with Crippen LogP contribution in [0.3, 0.4) is 0 Å². The van der Waals surface area contributed by atoms with E-state index >= 15 is 0 Å². The normalized spacial score (nSPS) is 11.5. The topological polar surface area (TPSA) is 24.7 Å². The Hall–Kier alpha value is -2.00. The van der Waals surface area contributed by atoms with Crippen LogP contribution >= 0.6 is 11.6 Å². The van der Waals surface area contributed by atoms with Gasteiger partial charge in [0, 0.05) is 10.6 Å². The van der Waals surface area contributed by atoms with Crippen LogP contribution in [0.5, 0.6) is 0 Å². The summed E-state index contributed by atoms with van der Waals surface area (Å²) in [5.41, 5.74) is 2.17. The number of nitrogens with zero attached hydrogens (tertiary/aromatic N) is 2. The molecule has 0 aromatic heterocycles. The van der Waals surface area contributed by atoms with Gasteiger partial charge in [0.05, 0.1) is 12.4 Å². The Kier molecular flexibility index (Phi) is 4.42. The van der Waals surface area contributed by atoms with Crippen LogP contribution in [0, 0.1) is 12.7 Å². The second-order valence-electron chi connectivity index (χ2n) is 4.07. The second-order valence-corrected chi connectivity index (χ2v) is 4.50. The molecule has 0 N–H and O–H groups in total. The second kappa shape index (κ2) is 6.25. The Morgan fingerprint density at radius 2 is 1.68 bits per heavy atom. The van der Waals surface area contributed by atoms with Crippen LogP contribution in [0.4, 0.5) is 4.39 Å². The Balaban J connectivity index is 2.05. The van der Waals surface area contributed by atoms with Gasteiger partial charge in [-0.1, -0.05) is 35.9 Å². The quantitative estimate of drug-likeness (QED) is 0.591. The standard InChI is InChI=1S/C15H12ClFN2/c1-11-2-5-13(15(17)8-11)10-19-18-9-12-3-6-14(16)7-4-12/h2-10H,1H3/b18-9+,19-10+. The predicted molar refractivity (Wildman–Crippen MR) is 77.8 cm³/mol. The molecule has 0 aliphatic rings. The molecule has 0 aliphatic carbocycles. The fraction of sp³-hybridized carbons (Fsp3) is 0.0667. The van der Waals surface area contributed by atoms with Crippen molar-refractivity contribution in [2.45, 2.75) is 6.92 Å². The van der Waals surface area contributed by atoms with Gasteiger partial charge in [0.1, 0.15) is 5.82 Å². The van der Waals surface area contributed by atoms with Crippen LogP contribution in [0.25, 0.3) is 0 Å². The van der Waals surface area contributed by atoms with Crippen LogP contribution in [0.2, 0.25) is 5.02 Å². The van der Waals surface area contributed by atoms with Crippen molar-refractivity contribution in [3.8, 4) is 0 Å². The predicted octanol–water partition coefficient (Wildman–Crippen LogP) is 4.24. The van der Waals surface area contributed by atoms with E-state index in [0.29, 0.717) is 10.6 Å². The molecule has 0 saturated heterocycles. The van der Waals surface area contributed by atoms with Crippen LogP contribution in [-0.2, 0) is 0 Å². The first-order valence-electron chi connectivity index (χ1n) is 5.73. The summed E-state index contributed by atoms with van der Waals surface area (Å²) >= 11 is 5.77. The van der Waals surface area contributed by atoms with Gasteiger partial charge < -0.3 is 0 Å². The molecule has 0 unspecified atom stereocenters. The van der Waals surface area contributed by atoms with Crippen molar-refractivity contribution >= 4 is 24.0 Å². The molecule has 0 heterocycles. The van der Waals surface area contributed by atoms with E-state index in [9.17, 15) is 4.39 Å². The summed E-state index contributed by atoms with van der Waals surface area (Å²) < 4.78 is 13.5. The summed E-state index contributed by atoms with van der Waals surface area (Å²) in [6.45, 7) is 1.84. The van der Waals surface area contributed by atoms with Gasteiger partial charge >= 0.3 is 0 Å². The van der Waals surface area contributed by atoms with E-state index in [1.165, 1.54) is 12.3 Å². The molecule has 2 aromatic rings. The minimum atomic E-state index is -0.301. The lowest BCUT2D eigenvalue weighted by atomic mass is 10.1. The molecule has 4 heteroatoms. The Morgan fingerprint density at radius 1 is 1.00 bits per heavy atom. The summed E-state index contributed by atoms with van der Waals surface area (Å²) in [5, 5.41) is 8.35. The fourth-order valence-corrected chi connectivity index (χ4v) is 1.61. The SMILES string of the molecule is Cc1ccc(/C=N/N=C/c2ccc(Cl)cc2)c(F)c1. The van der Waals surface area contributed by atoms with E-state index in [1.54, 1.807) is 24.4 Å². The van der Waals surface area contributed by atoms with Crippen molar-refractivity contribution in [3.63, 3.8) is 0 Å². The minimum Gasteiger partial charge on any atom is -0.206 e. The van der Waals surface area contributed by atoms with Crippen molar-refractivity contribution in [1.29, 1.82) is 0 Å². The monoisotopic (exact) mass is 274 g/mol. The van der Waals surface area contributed by atoms with Gasteiger partial charge in [-0.2, -0.15) is 10.2 Å². The minimum absolute atomic E-state index is 0.301. The van der Waals surface area contributed by atoms with E-state index in [-0.39, 0.29) is 5.82 Å². The van der Waals surface area contributed by atoms with Crippen molar-refractivity contribution < 1.29 is 4.39 Å². The zero-order chi connectivity index (χ0) is 13.7. The molecule has 2 nitrogen and oxygen atoms in total. The molecule has 0 radical (unpaired) electrons. The third-order valence-corrected chi connectivity index (χ3v) is 2.75. The molecule has 2 aromatic carbocycles. The van der Waals surface area contributed by atoms with Gasteiger partial charge in [0.25, 0.3) is 0 Å². The first-order chi connectivity index (χ1) is 9.15. The first-order valence-corrected chi connectivity index (χ1v) is 6.11. The number of aryl methyl sites for hydroxylation is 1.